The minimum Gasteiger partial charge on any atom is -0.313 e. The molecule has 1 N–H and O–H groups in total. The summed E-state index contributed by atoms with van der Waals surface area (Å²) in [7, 11) is 0. The van der Waals surface area contributed by atoms with E-state index in [4.69, 9.17) is 0 Å². The maximum Gasteiger partial charge on any atom is 0.0195 e. The largest absolute Gasteiger partial charge is 0.313 e. The SMILES string of the molecule is CCCN(CC1CCCCCC1)CC1CCCCN1. The lowest BCUT2D eigenvalue weighted by Gasteiger charge is -2.32. The van der Waals surface area contributed by atoms with Crippen LogP contribution < -0.4 is 5.32 Å². The van der Waals surface area contributed by atoms with E-state index in [1.54, 1.807) is 0 Å². The maximum atomic E-state index is 3.72. The highest BCUT2D eigenvalue weighted by molar-refractivity contribution is 4.78. The van der Waals surface area contributed by atoms with E-state index in [0.717, 1.165) is 12.0 Å². The first-order valence-corrected chi connectivity index (χ1v) is 8.84. The molecule has 0 bridgehead atoms. The topological polar surface area (TPSA) is 15.3 Å². The molecule has 0 aromatic rings. The second-order valence-corrected chi connectivity index (χ2v) is 6.76. The number of hydrogen-bond donors (Lipinski definition) is 1. The molecule has 1 saturated carbocycles. The summed E-state index contributed by atoms with van der Waals surface area (Å²) in [6.45, 7) is 7.54. The highest BCUT2D eigenvalue weighted by Gasteiger charge is 2.20. The zero-order chi connectivity index (χ0) is 13.3. The Hall–Kier alpha value is -0.0800. The van der Waals surface area contributed by atoms with Gasteiger partial charge < -0.3 is 10.2 Å². The zero-order valence-electron chi connectivity index (χ0n) is 13.0. The van der Waals surface area contributed by atoms with E-state index in [0.29, 0.717) is 0 Å². The predicted octanol–water partition coefficient (Wildman–Crippen LogP) is 3.81. The van der Waals surface area contributed by atoms with Crippen molar-refractivity contribution in [2.45, 2.75) is 77.2 Å². The van der Waals surface area contributed by atoms with Crippen molar-refractivity contribution in [1.82, 2.24) is 10.2 Å². The molecule has 2 nitrogen and oxygen atoms in total. The van der Waals surface area contributed by atoms with E-state index < -0.39 is 0 Å². The van der Waals surface area contributed by atoms with Gasteiger partial charge >= 0.3 is 0 Å². The van der Waals surface area contributed by atoms with E-state index in [1.165, 1.54) is 90.4 Å². The fraction of sp³-hybridized carbons (Fsp3) is 1.00. The first kappa shape index (κ1) is 15.3. The zero-order valence-corrected chi connectivity index (χ0v) is 13.0. The van der Waals surface area contributed by atoms with E-state index in [1.807, 2.05) is 0 Å². The van der Waals surface area contributed by atoms with Crippen molar-refractivity contribution >= 4 is 0 Å². The molecular formula is C17H34N2. The monoisotopic (exact) mass is 266 g/mol. The van der Waals surface area contributed by atoms with Gasteiger partial charge in [-0.25, -0.2) is 0 Å². The summed E-state index contributed by atoms with van der Waals surface area (Å²) in [5.41, 5.74) is 0. The highest BCUT2D eigenvalue weighted by Crippen LogP contribution is 2.24. The molecule has 0 aromatic carbocycles. The lowest BCUT2D eigenvalue weighted by Crippen LogP contribution is -2.45. The van der Waals surface area contributed by atoms with Crippen molar-refractivity contribution in [3.05, 3.63) is 0 Å². The Bertz CT molecular complexity index is 215. The summed E-state index contributed by atoms with van der Waals surface area (Å²) in [6, 6.07) is 0.770. The van der Waals surface area contributed by atoms with Crippen LogP contribution in [0.4, 0.5) is 0 Å². The van der Waals surface area contributed by atoms with Gasteiger partial charge in [0.25, 0.3) is 0 Å². The molecule has 0 spiro atoms. The summed E-state index contributed by atoms with van der Waals surface area (Å²) in [5, 5.41) is 3.72. The van der Waals surface area contributed by atoms with Gasteiger partial charge in [0.2, 0.25) is 0 Å². The highest BCUT2D eigenvalue weighted by atomic mass is 15.1. The third kappa shape index (κ3) is 5.83. The fourth-order valence-corrected chi connectivity index (χ4v) is 3.88. The first-order chi connectivity index (χ1) is 9.38. The molecule has 1 unspecified atom stereocenters. The van der Waals surface area contributed by atoms with Crippen molar-refractivity contribution in [2.75, 3.05) is 26.2 Å². The second-order valence-electron chi connectivity index (χ2n) is 6.76. The molecule has 1 heterocycles. The van der Waals surface area contributed by atoms with Crippen LogP contribution in [0.1, 0.15) is 71.1 Å². The van der Waals surface area contributed by atoms with Crippen LogP contribution >= 0.6 is 0 Å². The van der Waals surface area contributed by atoms with E-state index >= 15 is 0 Å². The number of hydrogen-bond acceptors (Lipinski definition) is 2. The lowest BCUT2D eigenvalue weighted by atomic mass is 9.98. The van der Waals surface area contributed by atoms with Crippen molar-refractivity contribution in [1.29, 1.82) is 0 Å². The van der Waals surface area contributed by atoms with Gasteiger partial charge in [0, 0.05) is 19.1 Å². The standard InChI is InChI=1S/C17H34N2/c1-2-13-19(15-17-11-7-8-12-18-17)14-16-9-5-3-4-6-10-16/h16-18H,2-15H2,1H3. The van der Waals surface area contributed by atoms with Crippen LogP contribution in [0, 0.1) is 5.92 Å². The molecule has 1 saturated heterocycles. The number of nitrogens with zero attached hydrogens (tertiary/aromatic N) is 1. The van der Waals surface area contributed by atoms with E-state index in [9.17, 15) is 0 Å². The Kier molecular flexibility index (Phi) is 7.23. The fourth-order valence-electron chi connectivity index (χ4n) is 3.88. The van der Waals surface area contributed by atoms with Crippen molar-refractivity contribution in [3.63, 3.8) is 0 Å². The molecule has 0 aromatic heterocycles. The summed E-state index contributed by atoms with van der Waals surface area (Å²) < 4.78 is 0. The average molecular weight is 266 g/mol. The van der Waals surface area contributed by atoms with Crippen LogP contribution in [-0.4, -0.2) is 37.1 Å². The first-order valence-electron chi connectivity index (χ1n) is 8.84. The molecule has 19 heavy (non-hydrogen) atoms. The minimum atomic E-state index is 0.770. The smallest absolute Gasteiger partial charge is 0.0195 e. The Morgan fingerprint density at radius 2 is 1.63 bits per heavy atom. The van der Waals surface area contributed by atoms with E-state index in [-0.39, 0.29) is 0 Å². The molecule has 2 fully saturated rings. The van der Waals surface area contributed by atoms with Crippen molar-refractivity contribution in [2.24, 2.45) is 5.92 Å². The van der Waals surface area contributed by atoms with Gasteiger partial charge in [-0.2, -0.15) is 0 Å². The predicted molar refractivity (Wildman–Crippen MR) is 83.6 cm³/mol. The van der Waals surface area contributed by atoms with Crippen LogP contribution in [0.2, 0.25) is 0 Å². The number of piperidine rings is 1. The number of rotatable bonds is 6. The Balaban J connectivity index is 1.76. The van der Waals surface area contributed by atoms with Gasteiger partial charge in [-0.3, -0.25) is 0 Å². The number of nitrogens with one attached hydrogen (secondary N) is 1. The van der Waals surface area contributed by atoms with Gasteiger partial charge in [0.05, 0.1) is 0 Å². The van der Waals surface area contributed by atoms with Crippen molar-refractivity contribution < 1.29 is 0 Å². The Labute approximate surface area is 120 Å². The van der Waals surface area contributed by atoms with Crippen LogP contribution in [0.25, 0.3) is 0 Å². The summed E-state index contributed by atoms with van der Waals surface area (Å²) >= 11 is 0. The summed E-state index contributed by atoms with van der Waals surface area (Å²) in [5.74, 6) is 0.984. The molecule has 2 rings (SSSR count). The van der Waals surface area contributed by atoms with Crippen LogP contribution in [-0.2, 0) is 0 Å². The molecular weight excluding hydrogens is 232 g/mol. The third-order valence-electron chi connectivity index (χ3n) is 4.92. The molecule has 1 aliphatic carbocycles. The van der Waals surface area contributed by atoms with Crippen LogP contribution in [0.3, 0.4) is 0 Å². The van der Waals surface area contributed by atoms with Gasteiger partial charge in [-0.15, -0.1) is 0 Å². The van der Waals surface area contributed by atoms with Crippen LogP contribution in [0.5, 0.6) is 0 Å². The molecule has 0 radical (unpaired) electrons. The molecule has 1 atom stereocenters. The minimum absolute atomic E-state index is 0.770. The Morgan fingerprint density at radius 1 is 0.895 bits per heavy atom. The average Bonchev–Trinajstić information content (AvgIpc) is 2.69. The maximum absolute atomic E-state index is 3.72. The lowest BCUT2D eigenvalue weighted by molar-refractivity contribution is 0.187. The molecule has 2 heteroatoms. The molecule has 112 valence electrons. The third-order valence-corrected chi connectivity index (χ3v) is 4.92. The normalized spacial score (nSPS) is 26.5. The summed E-state index contributed by atoms with van der Waals surface area (Å²) in [6.07, 6.45) is 14.4. The molecule has 0 amide bonds. The second kappa shape index (κ2) is 8.97. The molecule has 2 aliphatic rings. The van der Waals surface area contributed by atoms with Gasteiger partial charge in [0.1, 0.15) is 0 Å². The van der Waals surface area contributed by atoms with Crippen LogP contribution in [0.15, 0.2) is 0 Å². The molecule has 1 aliphatic heterocycles. The van der Waals surface area contributed by atoms with Gasteiger partial charge in [0.15, 0.2) is 0 Å². The summed E-state index contributed by atoms with van der Waals surface area (Å²) in [4.78, 5) is 2.76. The van der Waals surface area contributed by atoms with Gasteiger partial charge in [-0.1, -0.05) is 39.0 Å². The van der Waals surface area contributed by atoms with Gasteiger partial charge in [-0.05, 0) is 51.1 Å². The Morgan fingerprint density at radius 3 is 2.26 bits per heavy atom. The van der Waals surface area contributed by atoms with Crippen molar-refractivity contribution in [3.8, 4) is 0 Å². The quantitative estimate of drug-likeness (QED) is 0.735. The van der Waals surface area contributed by atoms with E-state index in [2.05, 4.69) is 17.1 Å².